The number of halogens is 1. The fraction of sp³-hybridized carbons (Fsp3) is 0.350. The molecule has 0 atom stereocenters. The molecule has 0 radical (unpaired) electrons. The van der Waals surface area contributed by atoms with Crippen LogP contribution in [-0.2, 0) is 9.47 Å². The van der Waals surface area contributed by atoms with Gasteiger partial charge in [0, 0.05) is 23.7 Å². The van der Waals surface area contributed by atoms with Crippen molar-refractivity contribution in [3.8, 4) is 28.7 Å². The third kappa shape index (κ3) is 3.98. The number of hydrogen-bond acceptors (Lipinski definition) is 7. The van der Waals surface area contributed by atoms with Crippen LogP contribution in [0.4, 0.5) is 4.39 Å². The first-order valence-corrected chi connectivity index (χ1v) is 9.18. The third-order valence-electron chi connectivity index (χ3n) is 4.79. The first kappa shape index (κ1) is 19.4. The molecule has 1 saturated heterocycles. The van der Waals surface area contributed by atoms with Crippen LogP contribution in [0, 0.1) is 11.2 Å². The van der Waals surface area contributed by atoms with Crippen molar-refractivity contribution in [3.05, 3.63) is 48.2 Å². The molecule has 0 amide bonds. The fourth-order valence-corrected chi connectivity index (χ4v) is 3.00. The van der Waals surface area contributed by atoms with Gasteiger partial charge < -0.3 is 24.9 Å². The quantitative estimate of drug-likeness (QED) is 0.679. The summed E-state index contributed by atoms with van der Waals surface area (Å²) in [5.41, 5.74) is 8.11. The molecule has 1 aromatic carbocycles. The zero-order valence-electron chi connectivity index (χ0n) is 16.2. The highest BCUT2D eigenvalue weighted by Crippen LogP contribution is 2.35. The van der Waals surface area contributed by atoms with Crippen LogP contribution in [0.3, 0.4) is 0 Å². The number of imidazole rings is 1. The number of methoxy groups -OCH3 is 1. The number of hydrogen-bond donors (Lipinski definition) is 2. The number of ether oxygens (including phenoxy) is 3. The molecular weight excluding hydrogens is 377 g/mol. The number of aromatic nitrogens is 4. The smallest absolute Gasteiger partial charge is 0.316 e. The first-order valence-electron chi connectivity index (χ1n) is 9.18. The van der Waals surface area contributed by atoms with E-state index in [2.05, 4.69) is 19.9 Å². The number of nitrogens with two attached hydrogens (primary N) is 1. The lowest BCUT2D eigenvalue weighted by Crippen LogP contribution is -2.42. The molecule has 0 bridgehead atoms. The average Bonchev–Trinajstić information content (AvgIpc) is 3.20. The SMILES string of the molecule is COc1nccc(-c2[nH]c(C3OCC(C)(CN)CO3)nc2-c2ccc(F)cc2)n1. The van der Waals surface area contributed by atoms with Gasteiger partial charge in [0.2, 0.25) is 6.29 Å². The minimum atomic E-state index is -0.661. The summed E-state index contributed by atoms with van der Waals surface area (Å²) in [5, 5.41) is 0. The van der Waals surface area contributed by atoms with Crippen LogP contribution in [0.1, 0.15) is 19.0 Å². The highest BCUT2D eigenvalue weighted by atomic mass is 19.1. The Morgan fingerprint density at radius 2 is 1.93 bits per heavy atom. The van der Waals surface area contributed by atoms with Gasteiger partial charge in [-0.05, 0) is 30.3 Å². The second kappa shape index (κ2) is 7.86. The second-order valence-electron chi connectivity index (χ2n) is 7.25. The molecule has 4 rings (SSSR count). The topological polar surface area (TPSA) is 108 Å². The molecule has 0 saturated carbocycles. The molecule has 1 aliphatic rings. The monoisotopic (exact) mass is 399 g/mol. The van der Waals surface area contributed by atoms with Crippen molar-refractivity contribution in [2.45, 2.75) is 13.2 Å². The summed E-state index contributed by atoms with van der Waals surface area (Å²) in [5.74, 6) is 0.172. The van der Waals surface area contributed by atoms with Gasteiger partial charge in [-0.2, -0.15) is 4.98 Å². The van der Waals surface area contributed by atoms with Crippen molar-refractivity contribution < 1.29 is 18.6 Å². The summed E-state index contributed by atoms with van der Waals surface area (Å²) in [4.78, 5) is 16.3. The molecular formula is C20H22FN5O3. The van der Waals surface area contributed by atoms with E-state index in [0.717, 1.165) is 5.56 Å². The second-order valence-corrected chi connectivity index (χ2v) is 7.25. The van der Waals surface area contributed by atoms with Crippen LogP contribution < -0.4 is 10.5 Å². The van der Waals surface area contributed by atoms with Gasteiger partial charge in [-0.1, -0.05) is 6.92 Å². The van der Waals surface area contributed by atoms with E-state index >= 15 is 0 Å². The number of rotatable bonds is 5. The maximum Gasteiger partial charge on any atom is 0.316 e. The predicted octanol–water partition coefficient (Wildman–Crippen LogP) is 2.69. The van der Waals surface area contributed by atoms with Crippen LogP contribution in [0.15, 0.2) is 36.5 Å². The summed E-state index contributed by atoms with van der Waals surface area (Å²) < 4.78 is 30.3. The molecule has 1 fully saturated rings. The maximum absolute atomic E-state index is 13.4. The normalized spacial score (nSPS) is 21.9. The van der Waals surface area contributed by atoms with Gasteiger partial charge in [0.15, 0.2) is 5.82 Å². The molecule has 3 heterocycles. The van der Waals surface area contributed by atoms with Gasteiger partial charge in [0.25, 0.3) is 0 Å². The van der Waals surface area contributed by atoms with Gasteiger partial charge in [-0.15, -0.1) is 0 Å². The van der Waals surface area contributed by atoms with E-state index in [1.807, 2.05) is 6.92 Å². The van der Waals surface area contributed by atoms with Gasteiger partial charge >= 0.3 is 6.01 Å². The van der Waals surface area contributed by atoms with Crippen LogP contribution in [0.2, 0.25) is 0 Å². The average molecular weight is 399 g/mol. The van der Waals surface area contributed by atoms with E-state index in [4.69, 9.17) is 19.9 Å². The fourth-order valence-electron chi connectivity index (χ4n) is 3.00. The Labute approximate surface area is 167 Å². The summed E-state index contributed by atoms with van der Waals surface area (Å²) in [6.45, 7) is 3.38. The van der Waals surface area contributed by atoms with Gasteiger partial charge in [-0.25, -0.2) is 14.4 Å². The molecule has 0 unspecified atom stereocenters. The van der Waals surface area contributed by atoms with Gasteiger partial charge in [0.05, 0.1) is 37.4 Å². The molecule has 2 aromatic heterocycles. The summed E-state index contributed by atoms with van der Waals surface area (Å²) in [7, 11) is 1.50. The minimum Gasteiger partial charge on any atom is -0.467 e. The van der Waals surface area contributed by atoms with E-state index in [9.17, 15) is 4.39 Å². The minimum absolute atomic E-state index is 0.229. The van der Waals surface area contributed by atoms with E-state index < -0.39 is 6.29 Å². The predicted molar refractivity (Wildman–Crippen MR) is 103 cm³/mol. The molecule has 8 nitrogen and oxygen atoms in total. The summed E-state index contributed by atoms with van der Waals surface area (Å²) >= 11 is 0. The zero-order chi connectivity index (χ0) is 20.4. The van der Waals surface area contributed by atoms with Crippen LogP contribution in [0.5, 0.6) is 6.01 Å². The Kier molecular flexibility index (Phi) is 5.27. The van der Waals surface area contributed by atoms with Crippen molar-refractivity contribution in [1.82, 2.24) is 19.9 Å². The Bertz CT molecular complexity index is 984. The molecule has 152 valence electrons. The Morgan fingerprint density at radius 1 is 1.21 bits per heavy atom. The van der Waals surface area contributed by atoms with Crippen molar-refractivity contribution in [2.75, 3.05) is 26.9 Å². The summed E-state index contributed by atoms with van der Waals surface area (Å²) in [6, 6.07) is 8.05. The molecule has 0 aliphatic carbocycles. The number of aromatic amines is 1. The molecule has 29 heavy (non-hydrogen) atoms. The van der Waals surface area contributed by atoms with Crippen LogP contribution >= 0.6 is 0 Å². The van der Waals surface area contributed by atoms with Gasteiger partial charge in [-0.3, -0.25) is 0 Å². The Morgan fingerprint density at radius 3 is 2.59 bits per heavy atom. The highest BCUT2D eigenvalue weighted by molar-refractivity contribution is 5.76. The van der Waals surface area contributed by atoms with Crippen molar-refractivity contribution >= 4 is 0 Å². The van der Waals surface area contributed by atoms with E-state index in [1.54, 1.807) is 24.4 Å². The lowest BCUT2D eigenvalue weighted by Gasteiger charge is -2.35. The molecule has 0 spiro atoms. The van der Waals surface area contributed by atoms with E-state index in [1.165, 1.54) is 19.2 Å². The molecule has 3 N–H and O–H groups in total. The third-order valence-corrected chi connectivity index (χ3v) is 4.79. The highest BCUT2D eigenvalue weighted by Gasteiger charge is 2.34. The van der Waals surface area contributed by atoms with E-state index in [-0.39, 0.29) is 17.2 Å². The Hall–Kier alpha value is -2.88. The number of benzene rings is 1. The van der Waals surface area contributed by atoms with E-state index in [0.29, 0.717) is 42.7 Å². The number of H-pyrrole nitrogens is 1. The van der Waals surface area contributed by atoms with Crippen LogP contribution in [0.25, 0.3) is 22.6 Å². The number of nitrogens with one attached hydrogen (secondary N) is 1. The Balaban J connectivity index is 1.74. The van der Waals surface area contributed by atoms with Crippen molar-refractivity contribution in [3.63, 3.8) is 0 Å². The molecule has 9 heteroatoms. The standard InChI is InChI=1S/C20H22FN5O3/c1-20(9-22)10-28-18(29-11-20)17-25-15(12-3-5-13(21)6-4-12)16(26-17)14-7-8-23-19(24-14)27-2/h3-8,18H,9-11,22H2,1-2H3,(H,25,26). The zero-order valence-corrected chi connectivity index (χ0v) is 16.2. The lowest BCUT2D eigenvalue weighted by atomic mass is 9.93. The first-order chi connectivity index (χ1) is 14.0. The van der Waals surface area contributed by atoms with Gasteiger partial charge in [0.1, 0.15) is 5.82 Å². The lowest BCUT2D eigenvalue weighted by molar-refractivity contribution is -0.231. The molecule has 3 aromatic rings. The van der Waals surface area contributed by atoms with Crippen molar-refractivity contribution in [1.29, 1.82) is 0 Å². The summed E-state index contributed by atoms with van der Waals surface area (Å²) in [6.07, 6.45) is 0.933. The van der Waals surface area contributed by atoms with Crippen LogP contribution in [-0.4, -0.2) is 46.8 Å². The largest absolute Gasteiger partial charge is 0.467 e. The van der Waals surface area contributed by atoms with Crippen molar-refractivity contribution in [2.24, 2.45) is 11.1 Å². The molecule has 1 aliphatic heterocycles. The number of nitrogens with zero attached hydrogens (tertiary/aromatic N) is 3. The maximum atomic E-state index is 13.4.